The molecule has 2 aliphatic rings. The number of carbonyl (C=O) groups is 1. The van der Waals surface area contributed by atoms with Crippen molar-refractivity contribution in [1.82, 2.24) is 14.8 Å². The largest absolute Gasteiger partial charge is 0.323 e. The molecule has 2 aromatic heterocycles. The first-order chi connectivity index (χ1) is 12.5. The minimum atomic E-state index is -0.0904. The van der Waals surface area contributed by atoms with Crippen molar-refractivity contribution >= 4 is 11.6 Å². The number of rotatable bonds is 0. The van der Waals surface area contributed by atoms with E-state index in [9.17, 15) is 4.79 Å². The summed E-state index contributed by atoms with van der Waals surface area (Å²) < 4.78 is 1.85. The first-order valence-electron chi connectivity index (χ1n) is 9.66. The molecule has 2 unspecified atom stereocenters. The van der Waals surface area contributed by atoms with Gasteiger partial charge in [0.1, 0.15) is 0 Å². The van der Waals surface area contributed by atoms with Crippen molar-refractivity contribution in [1.29, 1.82) is 0 Å². The lowest BCUT2D eigenvalue weighted by Gasteiger charge is -2.24. The van der Waals surface area contributed by atoms with Crippen LogP contribution in [0, 0.1) is 5.92 Å². The fraction of sp³-hybridized carbons (Fsp3) is 0.550. The van der Waals surface area contributed by atoms with Crippen LogP contribution < -0.4 is 11.1 Å². The summed E-state index contributed by atoms with van der Waals surface area (Å²) in [7, 11) is 1.93. The maximum absolute atomic E-state index is 12.6. The first kappa shape index (κ1) is 17.2. The van der Waals surface area contributed by atoms with Crippen LogP contribution >= 0.6 is 0 Å². The van der Waals surface area contributed by atoms with Gasteiger partial charge in [0.2, 0.25) is 5.91 Å². The van der Waals surface area contributed by atoms with Crippen molar-refractivity contribution in [2.45, 2.75) is 57.9 Å². The second-order valence-electron chi connectivity index (χ2n) is 7.69. The van der Waals surface area contributed by atoms with Gasteiger partial charge in [-0.2, -0.15) is 5.10 Å². The number of carbonyl (C=O) groups excluding carboxylic acids is 1. The van der Waals surface area contributed by atoms with E-state index in [4.69, 9.17) is 10.7 Å². The van der Waals surface area contributed by atoms with Crippen molar-refractivity contribution in [3.63, 3.8) is 0 Å². The quantitative estimate of drug-likeness (QED) is 0.762. The van der Waals surface area contributed by atoms with E-state index in [1.165, 1.54) is 24.1 Å². The van der Waals surface area contributed by atoms with Crippen molar-refractivity contribution in [3.8, 4) is 11.3 Å². The number of hydrogen-bond donors (Lipinski definition) is 2. The number of nitrogens with one attached hydrogen (secondary N) is 1. The maximum atomic E-state index is 12.6. The molecule has 26 heavy (non-hydrogen) atoms. The van der Waals surface area contributed by atoms with Crippen molar-refractivity contribution in [2.75, 3.05) is 5.32 Å². The predicted molar refractivity (Wildman–Crippen MR) is 102 cm³/mol. The summed E-state index contributed by atoms with van der Waals surface area (Å²) in [6, 6.07) is 2.04. The zero-order valence-corrected chi connectivity index (χ0v) is 15.6. The minimum Gasteiger partial charge on any atom is -0.323 e. The summed E-state index contributed by atoms with van der Waals surface area (Å²) >= 11 is 0. The van der Waals surface area contributed by atoms with Crippen LogP contribution in [0.25, 0.3) is 11.3 Å². The Bertz CT molecular complexity index is 841. The average molecular weight is 353 g/mol. The normalized spacial score (nSPS) is 23.3. The topological polar surface area (TPSA) is 85.8 Å². The van der Waals surface area contributed by atoms with E-state index in [-0.39, 0.29) is 17.9 Å². The Morgan fingerprint density at radius 3 is 2.88 bits per heavy atom. The number of amides is 1. The third-order valence-corrected chi connectivity index (χ3v) is 5.75. The molecule has 4 rings (SSSR count). The molecule has 3 N–H and O–H groups in total. The molecule has 0 aromatic carbocycles. The van der Waals surface area contributed by atoms with Gasteiger partial charge in [-0.25, -0.2) is 0 Å². The molecule has 3 heterocycles. The molecule has 0 radical (unpaired) electrons. The Morgan fingerprint density at radius 1 is 1.23 bits per heavy atom. The van der Waals surface area contributed by atoms with Gasteiger partial charge in [0.15, 0.2) is 0 Å². The van der Waals surface area contributed by atoms with Crippen LogP contribution in [0.2, 0.25) is 0 Å². The van der Waals surface area contributed by atoms with Gasteiger partial charge in [0, 0.05) is 30.3 Å². The standard InChI is InChI=1S/C20H27N5O/c1-12-6-5-8-15(21)17-10-14(13-7-3-4-9-16(13)23-17)19-18(24-20(12)26)11-22-25(19)2/h10-12,15H,3-9,21H2,1-2H3,(H,24,26). The molecular formula is C20H27N5O. The minimum absolute atomic E-state index is 0.0464. The highest BCUT2D eigenvalue weighted by atomic mass is 16.1. The lowest BCUT2D eigenvalue weighted by molar-refractivity contribution is -0.119. The fourth-order valence-corrected chi connectivity index (χ4v) is 4.15. The van der Waals surface area contributed by atoms with Crippen molar-refractivity contribution in [3.05, 3.63) is 29.2 Å². The van der Waals surface area contributed by atoms with E-state index in [1.54, 1.807) is 6.20 Å². The van der Waals surface area contributed by atoms with Crippen LogP contribution in [0.4, 0.5) is 5.69 Å². The highest BCUT2D eigenvalue weighted by Gasteiger charge is 2.25. The van der Waals surface area contributed by atoms with Crippen LogP contribution in [0.15, 0.2) is 12.3 Å². The molecule has 2 bridgehead atoms. The lowest BCUT2D eigenvalue weighted by atomic mass is 9.88. The molecule has 1 aliphatic heterocycles. The lowest BCUT2D eigenvalue weighted by Crippen LogP contribution is -2.22. The van der Waals surface area contributed by atoms with Crippen LogP contribution in [0.1, 0.15) is 62.0 Å². The van der Waals surface area contributed by atoms with E-state index in [1.807, 2.05) is 18.7 Å². The van der Waals surface area contributed by atoms with Crippen LogP contribution in [-0.4, -0.2) is 20.7 Å². The van der Waals surface area contributed by atoms with E-state index < -0.39 is 0 Å². The Kier molecular flexibility index (Phi) is 4.53. The number of hydrogen-bond acceptors (Lipinski definition) is 4. The molecule has 2 aromatic rings. The van der Waals surface area contributed by atoms with Crippen LogP contribution in [0.5, 0.6) is 0 Å². The summed E-state index contributed by atoms with van der Waals surface area (Å²) in [6.45, 7) is 1.97. The van der Waals surface area contributed by atoms with Crippen molar-refractivity contribution < 1.29 is 4.79 Å². The number of aryl methyl sites for hydroxylation is 2. The monoisotopic (exact) mass is 353 g/mol. The van der Waals surface area contributed by atoms with Gasteiger partial charge in [-0.05, 0) is 50.2 Å². The zero-order valence-electron chi connectivity index (χ0n) is 15.6. The SMILES string of the molecule is CC1CCCC(N)c2cc(c3c(n2)CCCC3)-c2c(cnn2C)NC1=O. The maximum Gasteiger partial charge on any atom is 0.227 e. The number of nitrogens with zero attached hydrogens (tertiary/aromatic N) is 3. The molecule has 6 nitrogen and oxygen atoms in total. The van der Waals surface area contributed by atoms with E-state index in [0.717, 1.165) is 54.7 Å². The molecule has 1 aliphatic carbocycles. The highest BCUT2D eigenvalue weighted by molar-refractivity contribution is 5.96. The average Bonchev–Trinajstić information content (AvgIpc) is 2.99. The van der Waals surface area contributed by atoms with Crippen LogP contribution in [-0.2, 0) is 24.7 Å². The number of anilines is 1. The highest BCUT2D eigenvalue weighted by Crippen LogP contribution is 2.37. The number of pyridine rings is 1. The summed E-state index contributed by atoms with van der Waals surface area (Å²) in [5.41, 5.74) is 12.8. The fourth-order valence-electron chi connectivity index (χ4n) is 4.15. The Labute approximate surface area is 154 Å². The number of nitrogens with two attached hydrogens (primary N) is 1. The predicted octanol–water partition coefficient (Wildman–Crippen LogP) is 3.12. The second-order valence-corrected chi connectivity index (χ2v) is 7.69. The molecule has 0 saturated heterocycles. The van der Waals surface area contributed by atoms with Gasteiger partial charge < -0.3 is 11.1 Å². The molecule has 1 amide bonds. The van der Waals surface area contributed by atoms with Crippen LogP contribution in [0.3, 0.4) is 0 Å². The molecule has 0 spiro atoms. The molecular weight excluding hydrogens is 326 g/mol. The van der Waals surface area contributed by atoms with Gasteiger partial charge >= 0.3 is 0 Å². The Hall–Kier alpha value is -2.21. The van der Waals surface area contributed by atoms with E-state index in [0.29, 0.717) is 0 Å². The summed E-state index contributed by atoms with van der Waals surface area (Å²) in [5.74, 6) is 0.00596. The second kappa shape index (κ2) is 6.83. The first-order valence-corrected chi connectivity index (χ1v) is 9.66. The smallest absolute Gasteiger partial charge is 0.227 e. The molecule has 138 valence electrons. The molecule has 2 atom stereocenters. The molecule has 0 fully saturated rings. The number of aromatic nitrogens is 3. The van der Waals surface area contributed by atoms with Gasteiger partial charge in [-0.15, -0.1) is 0 Å². The van der Waals surface area contributed by atoms with Gasteiger partial charge in [0.25, 0.3) is 0 Å². The van der Waals surface area contributed by atoms with E-state index >= 15 is 0 Å². The van der Waals surface area contributed by atoms with Gasteiger partial charge in [0.05, 0.1) is 23.3 Å². The summed E-state index contributed by atoms with van der Waals surface area (Å²) in [4.78, 5) is 17.5. The van der Waals surface area contributed by atoms with Crippen molar-refractivity contribution in [2.24, 2.45) is 18.7 Å². The third kappa shape index (κ3) is 3.03. The molecule has 0 saturated carbocycles. The van der Waals surface area contributed by atoms with Gasteiger partial charge in [-0.1, -0.05) is 13.3 Å². The summed E-state index contributed by atoms with van der Waals surface area (Å²) in [6.07, 6.45) is 8.70. The Morgan fingerprint density at radius 2 is 2.04 bits per heavy atom. The third-order valence-electron chi connectivity index (χ3n) is 5.75. The Balaban J connectivity index is 1.92. The summed E-state index contributed by atoms with van der Waals surface area (Å²) in [5, 5.41) is 7.52. The molecule has 6 heteroatoms. The zero-order chi connectivity index (χ0) is 18.3. The van der Waals surface area contributed by atoms with E-state index in [2.05, 4.69) is 16.5 Å². The van der Waals surface area contributed by atoms with Gasteiger partial charge in [-0.3, -0.25) is 14.5 Å². The number of fused-ring (bicyclic) bond motifs is 6.